The van der Waals surface area contributed by atoms with Crippen LogP contribution in [0.5, 0.6) is 11.5 Å². The zero-order valence-corrected chi connectivity index (χ0v) is 23.4. The Morgan fingerprint density at radius 3 is 2.83 bits per heavy atom. The molecule has 3 aliphatic rings. The van der Waals surface area contributed by atoms with Crippen molar-refractivity contribution in [3.63, 3.8) is 0 Å². The zero-order chi connectivity index (χ0) is 28.8. The molecule has 1 N–H and O–H groups in total. The number of rotatable bonds is 6. The summed E-state index contributed by atoms with van der Waals surface area (Å²) in [6, 6.07) is 16.7. The van der Waals surface area contributed by atoms with Crippen molar-refractivity contribution in [3.05, 3.63) is 99.1 Å². The topological polar surface area (TPSA) is 127 Å². The molecule has 4 aromatic rings. The number of fused-ring (bicyclic) bond motifs is 5. The van der Waals surface area contributed by atoms with Gasteiger partial charge in [-0.25, -0.2) is 14.9 Å². The highest BCUT2D eigenvalue weighted by molar-refractivity contribution is 8.13. The Hall–Kier alpha value is -4.68. The third-order valence-electron chi connectivity index (χ3n) is 6.88. The number of thioether (sulfide) groups is 1. The number of pyridine rings is 1. The first-order chi connectivity index (χ1) is 20.4. The predicted octanol–water partition coefficient (Wildman–Crippen LogP) is 3.68. The number of benzene rings is 2. The van der Waals surface area contributed by atoms with Gasteiger partial charge in [0.15, 0.2) is 16.7 Å². The van der Waals surface area contributed by atoms with E-state index in [1.807, 2.05) is 36.4 Å². The Balaban J connectivity index is 1.08. The first kappa shape index (κ1) is 26.2. The maximum absolute atomic E-state index is 13.6. The molecule has 7 rings (SSSR count). The lowest BCUT2D eigenvalue weighted by Gasteiger charge is -2.25. The highest BCUT2D eigenvalue weighted by Crippen LogP contribution is 2.35. The number of carbonyl (C=O) groups excluding carboxylic acids is 2. The van der Waals surface area contributed by atoms with Gasteiger partial charge >= 0.3 is 0 Å². The highest BCUT2D eigenvalue weighted by Gasteiger charge is 2.42. The molecule has 3 aliphatic heterocycles. The van der Waals surface area contributed by atoms with E-state index < -0.39 is 6.04 Å². The van der Waals surface area contributed by atoms with Crippen LogP contribution in [0.2, 0.25) is 5.02 Å². The minimum atomic E-state index is -0.901. The fraction of sp³-hybridized carbons (Fsp3) is 0.172. The van der Waals surface area contributed by atoms with Crippen molar-refractivity contribution in [2.45, 2.75) is 24.8 Å². The summed E-state index contributed by atoms with van der Waals surface area (Å²) in [5.74, 6) is 1.38. The molecule has 0 aliphatic carbocycles. The normalized spacial score (nSPS) is 16.6. The van der Waals surface area contributed by atoms with Crippen molar-refractivity contribution in [3.8, 4) is 11.5 Å². The number of aliphatic imine (C=N–C) groups is 2. The summed E-state index contributed by atoms with van der Waals surface area (Å²) in [5, 5.41) is 3.69. The van der Waals surface area contributed by atoms with Gasteiger partial charge in [-0.15, -0.1) is 0 Å². The summed E-state index contributed by atoms with van der Waals surface area (Å²) in [6.07, 6.45) is 1.40. The summed E-state index contributed by atoms with van der Waals surface area (Å²) in [7, 11) is 0. The molecule has 2 aromatic carbocycles. The second kappa shape index (κ2) is 10.6. The standard InChI is InChI=1S/C29H21ClN6O5S/c30-17-6-8-24-32-18(10-26(38)35(24)13-17)14-42-29-34-20-4-2-1-3-19(20)27-33-21(28(39)36(27)29)11-25(37)31-12-16-5-7-22-23(9-16)41-15-40-22/h1-10,13,21H,11-12,14-15H2,(H,31,37)/t21-/m1/s1. The van der Waals surface area contributed by atoms with Gasteiger partial charge in [0.25, 0.3) is 11.5 Å². The Kier molecular flexibility index (Phi) is 6.63. The summed E-state index contributed by atoms with van der Waals surface area (Å²) >= 11 is 7.28. The molecule has 0 saturated carbocycles. The molecule has 0 saturated heterocycles. The van der Waals surface area contributed by atoms with Crippen molar-refractivity contribution < 1.29 is 19.1 Å². The Labute approximate surface area is 247 Å². The molecule has 2 amide bonds. The third-order valence-corrected chi connectivity index (χ3v) is 8.07. The van der Waals surface area contributed by atoms with E-state index in [0.717, 1.165) is 5.56 Å². The van der Waals surface area contributed by atoms with E-state index in [2.05, 4.69) is 15.3 Å². The van der Waals surface area contributed by atoms with E-state index in [1.54, 1.807) is 18.2 Å². The van der Waals surface area contributed by atoms with Gasteiger partial charge in [-0.05, 0) is 42.0 Å². The van der Waals surface area contributed by atoms with Crippen molar-refractivity contribution >= 4 is 57.5 Å². The molecule has 1 atom stereocenters. The first-order valence-corrected chi connectivity index (χ1v) is 14.3. The zero-order valence-electron chi connectivity index (χ0n) is 21.8. The van der Waals surface area contributed by atoms with Crippen molar-refractivity contribution in [2.24, 2.45) is 9.98 Å². The van der Waals surface area contributed by atoms with Gasteiger partial charge in [0.2, 0.25) is 12.7 Å². The lowest BCUT2D eigenvalue weighted by molar-refractivity contribution is -0.128. The molecule has 0 fully saturated rings. The number of carbonyl (C=O) groups is 2. The number of aromatic nitrogens is 2. The van der Waals surface area contributed by atoms with Crippen LogP contribution in [0.4, 0.5) is 5.69 Å². The number of nitrogens with zero attached hydrogens (tertiary/aromatic N) is 5. The van der Waals surface area contributed by atoms with Crippen LogP contribution in [0, 0.1) is 0 Å². The molecule has 0 unspecified atom stereocenters. The van der Waals surface area contributed by atoms with Crippen molar-refractivity contribution in [1.82, 2.24) is 19.6 Å². The summed E-state index contributed by atoms with van der Waals surface area (Å²) in [4.78, 5) is 54.5. The summed E-state index contributed by atoms with van der Waals surface area (Å²) in [5.41, 5.74) is 2.94. The lowest BCUT2D eigenvalue weighted by atomic mass is 10.1. The number of hydrogen-bond acceptors (Lipinski definition) is 9. The van der Waals surface area contributed by atoms with E-state index in [0.29, 0.717) is 50.1 Å². The maximum Gasteiger partial charge on any atom is 0.259 e. The number of amides is 2. The van der Waals surface area contributed by atoms with Gasteiger partial charge < -0.3 is 14.8 Å². The summed E-state index contributed by atoms with van der Waals surface area (Å²) in [6.45, 7) is 0.443. The fourth-order valence-electron chi connectivity index (χ4n) is 4.87. The van der Waals surface area contributed by atoms with Gasteiger partial charge in [0, 0.05) is 30.1 Å². The molecular formula is C29H21ClN6O5S. The van der Waals surface area contributed by atoms with Gasteiger partial charge in [-0.2, -0.15) is 0 Å². The first-order valence-electron chi connectivity index (χ1n) is 13.0. The smallest absolute Gasteiger partial charge is 0.259 e. The molecule has 5 heterocycles. The van der Waals surface area contributed by atoms with E-state index in [-0.39, 0.29) is 42.9 Å². The van der Waals surface area contributed by atoms with Crippen molar-refractivity contribution in [1.29, 1.82) is 0 Å². The average Bonchev–Trinajstić information content (AvgIpc) is 3.59. The second-order valence-corrected chi connectivity index (χ2v) is 11.1. The number of ether oxygens (including phenoxy) is 2. The van der Waals surface area contributed by atoms with Crippen LogP contribution >= 0.6 is 23.4 Å². The van der Waals surface area contributed by atoms with Crippen molar-refractivity contribution in [2.75, 3.05) is 6.79 Å². The molecule has 0 spiro atoms. The van der Waals surface area contributed by atoms with Gasteiger partial charge in [-0.1, -0.05) is 41.6 Å². The van der Waals surface area contributed by atoms with Crippen LogP contribution in [0.1, 0.15) is 23.2 Å². The Morgan fingerprint density at radius 1 is 1.07 bits per heavy atom. The van der Waals surface area contributed by atoms with Crippen LogP contribution in [0.25, 0.3) is 5.65 Å². The third kappa shape index (κ3) is 4.88. The summed E-state index contributed by atoms with van der Waals surface area (Å²) < 4.78 is 12.1. The molecule has 13 heteroatoms. The molecule has 0 bridgehead atoms. The maximum atomic E-state index is 13.6. The molecule has 11 nitrogen and oxygen atoms in total. The van der Waals surface area contributed by atoms with Gasteiger partial charge in [0.1, 0.15) is 17.5 Å². The number of amidine groups is 2. The minimum Gasteiger partial charge on any atom is -0.454 e. The highest BCUT2D eigenvalue weighted by atomic mass is 35.5. The van der Waals surface area contributed by atoms with Crippen LogP contribution in [-0.2, 0) is 21.9 Å². The monoisotopic (exact) mass is 600 g/mol. The average molecular weight is 601 g/mol. The largest absolute Gasteiger partial charge is 0.454 e. The molecule has 210 valence electrons. The van der Waals surface area contributed by atoms with Crippen LogP contribution < -0.4 is 20.3 Å². The minimum absolute atomic E-state index is 0.116. The van der Waals surface area contributed by atoms with E-state index >= 15 is 0 Å². The number of halogens is 1. The van der Waals surface area contributed by atoms with Crippen LogP contribution in [0.15, 0.2) is 81.6 Å². The van der Waals surface area contributed by atoms with Crippen LogP contribution in [0.3, 0.4) is 0 Å². The molecule has 0 radical (unpaired) electrons. The lowest BCUT2D eigenvalue weighted by Crippen LogP contribution is -2.42. The predicted molar refractivity (Wildman–Crippen MR) is 158 cm³/mol. The fourth-order valence-corrected chi connectivity index (χ4v) is 5.92. The van der Waals surface area contributed by atoms with Gasteiger partial charge in [-0.3, -0.25) is 23.8 Å². The Morgan fingerprint density at radius 2 is 1.93 bits per heavy atom. The quantitative estimate of drug-likeness (QED) is 0.358. The van der Waals surface area contributed by atoms with Gasteiger partial charge in [0.05, 0.1) is 22.8 Å². The number of para-hydroxylation sites is 1. The second-order valence-electron chi connectivity index (χ2n) is 9.67. The number of nitrogens with one attached hydrogen (secondary N) is 1. The SMILES string of the molecule is O=C(C[C@H]1N=C2c3ccccc3N=C(SCc3cc(=O)n4cc(Cl)ccc4n3)N2C1=O)NCc1ccc2c(c1)OCO2. The number of hydrogen-bond donors (Lipinski definition) is 1. The molecular weight excluding hydrogens is 580 g/mol. The van der Waals surface area contributed by atoms with E-state index in [1.165, 1.54) is 33.3 Å². The Bertz CT molecular complexity index is 1910. The van der Waals surface area contributed by atoms with E-state index in [9.17, 15) is 14.4 Å². The van der Waals surface area contributed by atoms with Crippen LogP contribution in [-0.4, -0.2) is 49.9 Å². The van der Waals surface area contributed by atoms with E-state index in [4.69, 9.17) is 26.1 Å². The molecule has 2 aromatic heterocycles. The molecule has 42 heavy (non-hydrogen) atoms.